The molecule has 1 atom stereocenters. The van der Waals surface area contributed by atoms with Gasteiger partial charge in [0.15, 0.2) is 0 Å². The van der Waals surface area contributed by atoms with Crippen LogP contribution in [0.25, 0.3) is 0 Å². The van der Waals surface area contributed by atoms with Gasteiger partial charge in [0.05, 0.1) is 6.04 Å². The lowest BCUT2D eigenvalue weighted by atomic mass is 10.1. The van der Waals surface area contributed by atoms with Crippen LogP contribution in [0.15, 0.2) is 0 Å². The van der Waals surface area contributed by atoms with Crippen LogP contribution in [0.4, 0.5) is 0 Å². The predicted octanol–water partition coefficient (Wildman–Crippen LogP) is 0.496. The van der Waals surface area contributed by atoms with Crippen LogP contribution in [0.3, 0.4) is 0 Å². The topological polar surface area (TPSA) is 55.1 Å². The van der Waals surface area contributed by atoms with Crippen LogP contribution < -0.4 is 11.1 Å². The molecular weight excluding hydrogens is 152 g/mol. The Bertz CT molecular complexity index is 164. The van der Waals surface area contributed by atoms with Gasteiger partial charge in [-0.05, 0) is 24.7 Å². The third-order valence-corrected chi connectivity index (χ3v) is 2.28. The van der Waals surface area contributed by atoms with E-state index < -0.39 is 0 Å². The maximum absolute atomic E-state index is 11.3. The number of nitrogens with two attached hydrogens (primary N) is 1. The maximum Gasteiger partial charge on any atom is 0.237 e. The molecule has 0 aromatic carbocycles. The molecule has 12 heavy (non-hydrogen) atoms. The fourth-order valence-corrected chi connectivity index (χ4v) is 0.988. The second-order valence-corrected chi connectivity index (χ2v) is 3.96. The minimum Gasteiger partial charge on any atom is -0.354 e. The summed E-state index contributed by atoms with van der Waals surface area (Å²) in [7, 11) is 0. The molecular formula is C9H18N2O. The fourth-order valence-electron chi connectivity index (χ4n) is 0.988. The van der Waals surface area contributed by atoms with E-state index in [2.05, 4.69) is 5.32 Å². The highest BCUT2D eigenvalue weighted by molar-refractivity contribution is 5.81. The molecule has 3 N–H and O–H groups in total. The lowest BCUT2D eigenvalue weighted by molar-refractivity contribution is -0.123. The molecule has 1 aliphatic carbocycles. The van der Waals surface area contributed by atoms with Crippen molar-refractivity contribution in [1.29, 1.82) is 0 Å². The molecule has 0 unspecified atom stereocenters. The Kier molecular flexibility index (Phi) is 3.09. The van der Waals surface area contributed by atoms with Gasteiger partial charge in [-0.3, -0.25) is 4.79 Å². The van der Waals surface area contributed by atoms with Crippen LogP contribution in [0.1, 0.15) is 26.7 Å². The maximum atomic E-state index is 11.3. The fraction of sp³-hybridized carbons (Fsp3) is 0.889. The molecule has 0 aliphatic heterocycles. The zero-order chi connectivity index (χ0) is 9.14. The largest absolute Gasteiger partial charge is 0.354 e. The van der Waals surface area contributed by atoms with E-state index in [0.717, 1.165) is 12.5 Å². The van der Waals surface area contributed by atoms with E-state index in [-0.39, 0.29) is 17.9 Å². The number of hydrogen-bond donors (Lipinski definition) is 2. The first-order chi connectivity index (χ1) is 5.61. The van der Waals surface area contributed by atoms with E-state index in [1.54, 1.807) is 0 Å². The average molecular weight is 170 g/mol. The van der Waals surface area contributed by atoms with Crippen LogP contribution in [0.5, 0.6) is 0 Å². The Hall–Kier alpha value is -0.570. The lowest BCUT2D eigenvalue weighted by Crippen LogP contribution is -2.44. The summed E-state index contributed by atoms with van der Waals surface area (Å²) in [6.07, 6.45) is 2.52. The van der Waals surface area contributed by atoms with Crippen LogP contribution in [-0.4, -0.2) is 18.5 Å². The molecule has 3 heteroatoms. The van der Waals surface area contributed by atoms with Crippen molar-refractivity contribution in [2.24, 2.45) is 17.6 Å². The summed E-state index contributed by atoms with van der Waals surface area (Å²) in [5.74, 6) is 0.953. The molecule has 1 aliphatic rings. The first kappa shape index (κ1) is 9.52. The van der Waals surface area contributed by atoms with Crippen molar-refractivity contribution in [1.82, 2.24) is 5.32 Å². The first-order valence-corrected chi connectivity index (χ1v) is 4.64. The minimum atomic E-state index is -0.344. The van der Waals surface area contributed by atoms with Crippen molar-refractivity contribution < 1.29 is 4.79 Å². The molecule has 0 heterocycles. The minimum absolute atomic E-state index is 0.00287. The Labute approximate surface area is 73.7 Å². The number of nitrogens with one attached hydrogen (secondary N) is 1. The average Bonchev–Trinajstić information content (AvgIpc) is 2.81. The number of carbonyl (C=O) groups is 1. The van der Waals surface area contributed by atoms with Crippen molar-refractivity contribution in [2.45, 2.75) is 32.7 Å². The number of hydrogen-bond acceptors (Lipinski definition) is 2. The summed E-state index contributed by atoms with van der Waals surface area (Å²) in [5, 5.41) is 2.86. The molecule has 0 bridgehead atoms. The van der Waals surface area contributed by atoms with Gasteiger partial charge in [-0.15, -0.1) is 0 Å². The highest BCUT2D eigenvalue weighted by Gasteiger charge is 2.23. The molecule has 0 radical (unpaired) electrons. The van der Waals surface area contributed by atoms with Gasteiger partial charge >= 0.3 is 0 Å². The van der Waals surface area contributed by atoms with Crippen molar-refractivity contribution >= 4 is 5.91 Å². The zero-order valence-electron chi connectivity index (χ0n) is 7.84. The third-order valence-electron chi connectivity index (χ3n) is 2.28. The molecule has 0 aromatic rings. The highest BCUT2D eigenvalue weighted by Crippen LogP contribution is 2.27. The second kappa shape index (κ2) is 3.90. The Morgan fingerprint density at radius 2 is 2.17 bits per heavy atom. The first-order valence-electron chi connectivity index (χ1n) is 4.64. The van der Waals surface area contributed by atoms with Gasteiger partial charge in [-0.25, -0.2) is 0 Å². The van der Waals surface area contributed by atoms with E-state index >= 15 is 0 Å². The summed E-state index contributed by atoms with van der Waals surface area (Å²) >= 11 is 0. The van der Waals surface area contributed by atoms with E-state index in [0.29, 0.717) is 0 Å². The van der Waals surface area contributed by atoms with Crippen LogP contribution >= 0.6 is 0 Å². The van der Waals surface area contributed by atoms with E-state index in [9.17, 15) is 4.79 Å². The smallest absolute Gasteiger partial charge is 0.237 e. The third kappa shape index (κ3) is 2.81. The Morgan fingerprint density at radius 1 is 1.58 bits per heavy atom. The highest BCUT2D eigenvalue weighted by atomic mass is 16.2. The summed E-state index contributed by atoms with van der Waals surface area (Å²) in [6, 6.07) is -0.344. The lowest BCUT2D eigenvalue weighted by Gasteiger charge is -2.14. The predicted molar refractivity (Wildman–Crippen MR) is 48.5 cm³/mol. The van der Waals surface area contributed by atoms with Crippen LogP contribution in [0, 0.1) is 11.8 Å². The molecule has 1 saturated carbocycles. The molecule has 0 saturated heterocycles. The summed E-state index contributed by atoms with van der Waals surface area (Å²) < 4.78 is 0. The van der Waals surface area contributed by atoms with Crippen molar-refractivity contribution in [3.63, 3.8) is 0 Å². The number of carbonyl (C=O) groups excluding carboxylic acids is 1. The standard InChI is InChI=1S/C9H18N2O/c1-6(2)8(10)9(12)11-5-7-3-4-7/h6-8H,3-5,10H2,1-2H3,(H,11,12)/t8-/m1/s1. The van der Waals surface area contributed by atoms with Crippen LogP contribution in [0.2, 0.25) is 0 Å². The van der Waals surface area contributed by atoms with Gasteiger partial charge in [0.2, 0.25) is 5.91 Å². The monoisotopic (exact) mass is 170 g/mol. The summed E-state index contributed by atoms with van der Waals surface area (Å²) in [4.78, 5) is 11.3. The molecule has 1 rings (SSSR count). The molecule has 0 spiro atoms. The van der Waals surface area contributed by atoms with Crippen molar-refractivity contribution in [3.05, 3.63) is 0 Å². The van der Waals surface area contributed by atoms with Gasteiger partial charge in [-0.2, -0.15) is 0 Å². The molecule has 1 amide bonds. The summed E-state index contributed by atoms with van der Waals surface area (Å²) in [5.41, 5.74) is 5.65. The van der Waals surface area contributed by atoms with Gasteiger partial charge in [-0.1, -0.05) is 13.8 Å². The van der Waals surface area contributed by atoms with Crippen molar-refractivity contribution in [3.8, 4) is 0 Å². The molecule has 70 valence electrons. The van der Waals surface area contributed by atoms with Gasteiger partial charge in [0.25, 0.3) is 0 Å². The van der Waals surface area contributed by atoms with E-state index in [1.165, 1.54) is 12.8 Å². The Balaban J connectivity index is 2.16. The SMILES string of the molecule is CC(C)[C@@H](N)C(=O)NCC1CC1. The van der Waals surface area contributed by atoms with Crippen LogP contribution in [-0.2, 0) is 4.79 Å². The van der Waals surface area contributed by atoms with E-state index in [4.69, 9.17) is 5.73 Å². The van der Waals surface area contributed by atoms with Gasteiger partial charge in [0.1, 0.15) is 0 Å². The zero-order valence-corrected chi connectivity index (χ0v) is 7.84. The Morgan fingerprint density at radius 3 is 2.58 bits per heavy atom. The van der Waals surface area contributed by atoms with Gasteiger partial charge in [0, 0.05) is 6.54 Å². The number of rotatable bonds is 4. The number of amides is 1. The van der Waals surface area contributed by atoms with Gasteiger partial charge < -0.3 is 11.1 Å². The second-order valence-electron chi connectivity index (χ2n) is 3.96. The summed E-state index contributed by atoms with van der Waals surface area (Å²) in [6.45, 7) is 4.74. The molecule has 1 fully saturated rings. The van der Waals surface area contributed by atoms with Crippen molar-refractivity contribution in [2.75, 3.05) is 6.54 Å². The quantitative estimate of drug-likeness (QED) is 0.645. The molecule has 3 nitrogen and oxygen atoms in total. The van der Waals surface area contributed by atoms with E-state index in [1.807, 2.05) is 13.8 Å². The molecule has 0 aromatic heterocycles. The normalized spacial score (nSPS) is 19.3.